The molecule has 3 heteroatoms. The maximum Gasteiger partial charge on any atom is 0.195 e. The molecule has 0 amide bonds. The van der Waals surface area contributed by atoms with Crippen molar-refractivity contribution in [1.82, 2.24) is 0 Å². The van der Waals surface area contributed by atoms with Crippen molar-refractivity contribution < 1.29 is 14.9 Å². The van der Waals surface area contributed by atoms with E-state index in [9.17, 15) is 4.79 Å². The lowest BCUT2D eigenvalue weighted by Crippen LogP contribution is -2.17. The number of Topliss-reactive ketones (excluding diaryl/α,β-unsaturated/α-hetero) is 1. The average molecular weight is 164 g/mol. The van der Waals surface area contributed by atoms with Crippen molar-refractivity contribution in [3.05, 3.63) is 35.4 Å². The molecule has 3 nitrogen and oxygen atoms in total. The highest BCUT2D eigenvalue weighted by molar-refractivity contribution is 6.03. The Morgan fingerprint density at radius 2 is 2.17 bits per heavy atom. The maximum atomic E-state index is 11.3. The number of fused-ring (bicyclic) bond motifs is 1. The van der Waals surface area contributed by atoms with Gasteiger partial charge in [0, 0.05) is 12.0 Å². The number of benzene rings is 1. The van der Waals surface area contributed by atoms with E-state index in [1.54, 1.807) is 12.1 Å². The highest BCUT2D eigenvalue weighted by Crippen LogP contribution is 2.22. The molecule has 1 N–H and O–H groups in total. The van der Waals surface area contributed by atoms with E-state index in [4.69, 9.17) is 5.26 Å². The highest BCUT2D eigenvalue weighted by atomic mass is 17.1. The smallest absolute Gasteiger partial charge is 0.195 e. The summed E-state index contributed by atoms with van der Waals surface area (Å²) in [4.78, 5) is 15.4. The van der Waals surface area contributed by atoms with Crippen LogP contribution in [0.5, 0.6) is 0 Å². The van der Waals surface area contributed by atoms with E-state index in [2.05, 4.69) is 4.89 Å². The third-order valence-electron chi connectivity index (χ3n) is 2.11. The normalized spacial score (nSPS) is 21.1. The van der Waals surface area contributed by atoms with Gasteiger partial charge in [0.1, 0.15) is 0 Å². The molecule has 1 aliphatic carbocycles. The Balaban J connectivity index is 2.42. The van der Waals surface area contributed by atoms with E-state index in [1.165, 1.54) is 0 Å². The van der Waals surface area contributed by atoms with Crippen LogP contribution in [0.15, 0.2) is 24.3 Å². The van der Waals surface area contributed by atoms with E-state index < -0.39 is 6.10 Å². The molecule has 62 valence electrons. The minimum absolute atomic E-state index is 0.131. The molecule has 0 heterocycles. The van der Waals surface area contributed by atoms with E-state index in [0.717, 1.165) is 5.56 Å². The summed E-state index contributed by atoms with van der Waals surface area (Å²) in [5.74, 6) is -0.131. The number of ketones is 1. The molecule has 1 aromatic carbocycles. The molecular formula is C9H8O3. The van der Waals surface area contributed by atoms with Gasteiger partial charge in [0.25, 0.3) is 0 Å². The summed E-state index contributed by atoms with van der Waals surface area (Å²) in [5.41, 5.74) is 1.61. The lowest BCUT2D eigenvalue weighted by atomic mass is 10.1. The quantitative estimate of drug-likeness (QED) is 0.502. The second-order valence-electron chi connectivity index (χ2n) is 2.82. The van der Waals surface area contributed by atoms with Crippen LogP contribution in [-0.4, -0.2) is 17.1 Å². The Labute approximate surface area is 69.5 Å². The van der Waals surface area contributed by atoms with Crippen molar-refractivity contribution >= 4 is 5.78 Å². The van der Waals surface area contributed by atoms with Gasteiger partial charge >= 0.3 is 0 Å². The van der Waals surface area contributed by atoms with E-state index in [-0.39, 0.29) is 5.78 Å². The van der Waals surface area contributed by atoms with Crippen molar-refractivity contribution in [2.75, 3.05) is 0 Å². The summed E-state index contributed by atoms with van der Waals surface area (Å²) in [7, 11) is 0. The standard InChI is InChI=1S/C9H8O3/c10-9-7-4-2-1-3-6(7)5-8(9)12-11/h1-4,8,11H,5H2. The molecular weight excluding hydrogens is 156 g/mol. The van der Waals surface area contributed by atoms with E-state index in [0.29, 0.717) is 12.0 Å². The van der Waals surface area contributed by atoms with Crippen molar-refractivity contribution in [1.29, 1.82) is 0 Å². The van der Waals surface area contributed by atoms with Crippen molar-refractivity contribution in [2.24, 2.45) is 0 Å². The third-order valence-corrected chi connectivity index (χ3v) is 2.11. The van der Waals surface area contributed by atoms with E-state index >= 15 is 0 Å². The lowest BCUT2D eigenvalue weighted by molar-refractivity contribution is -0.262. The van der Waals surface area contributed by atoms with Crippen LogP contribution in [0.25, 0.3) is 0 Å². The summed E-state index contributed by atoms with van der Waals surface area (Å²) in [6.07, 6.45) is -0.215. The van der Waals surface area contributed by atoms with Crippen molar-refractivity contribution in [2.45, 2.75) is 12.5 Å². The number of carbonyl (C=O) groups is 1. The van der Waals surface area contributed by atoms with Gasteiger partial charge in [0.15, 0.2) is 11.9 Å². The zero-order valence-corrected chi connectivity index (χ0v) is 6.36. The lowest BCUT2D eigenvalue weighted by Gasteiger charge is -1.99. The van der Waals surface area contributed by atoms with Gasteiger partial charge in [-0.25, -0.2) is 4.89 Å². The molecule has 0 saturated heterocycles. The van der Waals surface area contributed by atoms with Gasteiger partial charge in [-0.15, -0.1) is 0 Å². The fourth-order valence-electron chi connectivity index (χ4n) is 1.49. The Bertz CT molecular complexity index is 319. The summed E-state index contributed by atoms with van der Waals surface area (Å²) < 4.78 is 0. The Morgan fingerprint density at radius 1 is 1.42 bits per heavy atom. The number of hydrogen-bond acceptors (Lipinski definition) is 3. The van der Waals surface area contributed by atoms with Crippen LogP contribution in [0.4, 0.5) is 0 Å². The third kappa shape index (κ3) is 0.948. The molecule has 0 saturated carbocycles. The predicted octanol–water partition coefficient (Wildman–Crippen LogP) is 1.28. The predicted molar refractivity (Wildman–Crippen MR) is 42.0 cm³/mol. The molecule has 1 aliphatic rings. The summed E-state index contributed by atoms with van der Waals surface area (Å²) in [6.45, 7) is 0. The fourth-order valence-corrected chi connectivity index (χ4v) is 1.49. The number of rotatable bonds is 1. The summed E-state index contributed by atoms with van der Waals surface area (Å²) in [6, 6.07) is 7.28. The minimum atomic E-state index is -0.692. The highest BCUT2D eigenvalue weighted by Gasteiger charge is 2.30. The molecule has 0 aromatic heterocycles. The van der Waals surface area contributed by atoms with Crippen molar-refractivity contribution in [3.8, 4) is 0 Å². The first-order valence-corrected chi connectivity index (χ1v) is 3.75. The second-order valence-corrected chi connectivity index (χ2v) is 2.82. The van der Waals surface area contributed by atoms with Crippen LogP contribution in [0.1, 0.15) is 15.9 Å². The summed E-state index contributed by atoms with van der Waals surface area (Å²) in [5, 5.41) is 8.39. The molecule has 1 atom stereocenters. The van der Waals surface area contributed by atoms with Crippen LogP contribution < -0.4 is 0 Å². The van der Waals surface area contributed by atoms with Gasteiger partial charge in [-0.1, -0.05) is 24.3 Å². The average Bonchev–Trinajstić information content (AvgIpc) is 2.44. The summed E-state index contributed by atoms with van der Waals surface area (Å²) >= 11 is 0. The molecule has 0 fully saturated rings. The molecule has 0 bridgehead atoms. The van der Waals surface area contributed by atoms with Crippen LogP contribution in [0, 0.1) is 0 Å². The zero-order chi connectivity index (χ0) is 8.55. The first kappa shape index (κ1) is 7.46. The molecule has 0 radical (unpaired) electrons. The number of carbonyl (C=O) groups excluding carboxylic acids is 1. The number of hydrogen-bond donors (Lipinski definition) is 1. The van der Waals surface area contributed by atoms with Gasteiger partial charge in [0.2, 0.25) is 0 Å². The van der Waals surface area contributed by atoms with E-state index in [1.807, 2.05) is 12.1 Å². The molecule has 1 aromatic rings. The van der Waals surface area contributed by atoms with Gasteiger partial charge in [0.05, 0.1) is 0 Å². The minimum Gasteiger partial charge on any atom is -0.291 e. The van der Waals surface area contributed by atoms with Gasteiger partial charge < -0.3 is 0 Å². The largest absolute Gasteiger partial charge is 0.291 e. The Hall–Kier alpha value is -1.19. The topological polar surface area (TPSA) is 46.5 Å². The molecule has 2 rings (SSSR count). The second kappa shape index (κ2) is 2.69. The molecule has 1 unspecified atom stereocenters. The zero-order valence-electron chi connectivity index (χ0n) is 6.36. The van der Waals surface area contributed by atoms with Gasteiger partial charge in [-0.3, -0.25) is 10.1 Å². The Kier molecular flexibility index (Phi) is 1.67. The van der Waals surface area contributed by atoms with Crippen LogP contribution in [0.3, 0.4) is 0 Å². The first-order chi connectivity index (χ1) is 5.83. The monoisotopic (exact) mass is 164 g/mol. The van der Waals surface area contributed by atoms with Gasteiger partial charge in [-0.05, 0) is 5.56 Å². The maximum absolute atomic E-state index is 11.3. The fraction of sp³-hybridized carbons (Fsp3) is 0.222. The van der Waals surface area contributed by atoms with Crippen LogP contribution in [0.2, 0.25) is 0 Å². The molecule has 0 spiro atoms. The van der Waals surface area contributed by atoms with Crippen LogP contribution >= 0.6 is 0 Å². The molecule has 12 heavy (non-hydrogen) atoms. The Morgan fingerprint density at radius 3 is 2.83 bits per heavy atom. The molecule has 0 aliphatic heterocycles. The van der Waals surface area contributed by atoms with Crippen LogP contribution in [-0.2, 0) is 11.3 Å². The SMILES string of the molecule is O=C1c2ccccc2CC1OO. The first-order valence-electron chi connectivity index (χ1n) is 3.75. The van der Waals surface area contributed by atoms with Gasteiger partial charge in [-0.2, -0.15) is 0 Å². The van der Waals surface area contributed by atoms with Crippen molar-refractivity contribution in [3.63, 3.8) is 0 Å².